The number of hydrogen-bond acceptors (Lipinski definition) is 5. The minimum atomic E-state index is -0.496. The van der Waals surface area contributed by atoms with E-state index < -0.39 is 5.63 Å². The number of nitrogens with zero attached hydrogens (tertiary/aromatic N) is 2. The van der Waals surface area contributed by atoms with Crippen LogP contribution in [0.15, 0.2) is 38.6 Å². The minimum Gasteiger partial charge on any atom is -0.422 e. The van der Waals surface area contributed by atoms with E-state index in [1.807, 2.05) is 18.2 Å². The van der Waals surface area contributed by atoms with Crippen LogP contribution in [0, 0.1) is 0 Å². The smallest absolute Gasteiger partial charge is 0.345 e. The number of anilines is 1. The highest BCUT2D eigenvalue weighted by Crippen LogP contribution is 2.22. The van der Waals surface area contributed by atoms with Gasteiger partial charge in [-0.2, -0.15) is 0 Å². The summed E-state index contributed by atoms with van der Waals surface area (Å²) >= 11 is 0. The molecule has 5 heteroatoms. The lowest BCUT2D eigenvalue weighted by Gasteiger charge is -2.20. The van der Waals surface area contributed by atoms with Gasteiger partial charge in [0.05, 0.1) is 11.3 Å². The van der Waals surface area contributed by atoms with Gasteiger partial charge in [0.15, 0.2) is 0 Å². The maximum atomic E-state index is 11.9. The molecule has 0 atom stereocenters. The lowest BCUT2D eigenvalue weighted by Crippen LogP contribution is -2.21. The molecule has 0 fully saturated rings. The first-order chi connectivity index (χ1) is 9.60. The van der Waals surface area contributed by atoms with Crippen LogP contribution in [0.2, 0.25) is 0 Å². The Bertz CT molecular complexity index is 700. The highest BCUT2D eigenvalue weighted by atomic mass is 16.4. The summed E-state index contributed by atoms with van der Waals surface area (Å²) in [6, 6.07) is 7.44. The minimum absolute atomic E-state index is 0.244. The van der Waals surface area contributed by atoms with Crippen LogP contribution in [0.4, 0.5) is 5.69 Å². The van der Waals surface area contributed by atoms with E-state index in [1.54, 1.807) is 13.0 Å². The Morgan fingerprint density at radius 3 is 2.60 bits per heavy atom. The first-order valence-electron chi connectivity index (χ1n) is 6.62. The van der Waals surface area contributed by atoms with Crippen LogP contribution in [0.25, 0.3) is 11.0 Å². The highest BCUT2D eigenvalue weighted by molar-refractivity contribution is 6.00. The van der Waals surface area contributed by atoms with Crippen molar-refractivity contribution in [1.29, 1.82) is 0 Å². The Morgan fingerprint density at radius 2 is 2.00 bits per heavy atom. The maximum absolute atomic E-state index is 11.9. The van der Waals surface area contributed by atoms with Crippen LogP contribution in [0.1, 0.15) is 26.3 Å². The third-order valence-electron chi connectivity index (χ3n) is 3.39. The zero-order valence-corrected chi connectivity index (χ0v) is 11.9. The normalized spacial score (nSPS) is 11.8. The third kappa shape index (κ3) is 2.52. The Kier molecular flexibility index (Phi) is 4.08. The van der Waals surface area contributed by atoms with Gasteiger partial charge < -0.3 is 14.5 Å². The molecule has 0 aliphatic rings. The fraction of sp³-hybridized carbons (Fsp3) is 0.333. The van der Waals surface area contributed by atoms with E-state index in [4.69, 9.17) is 9.62 Å². The molecule has 0 saturated heterocycles. The van der Waals surface area contributed by atoms with Crippen LogP contribution in [0.3, 0.4) is 0 Å². The van der Waals surface area contributed by atoms with Crippen molar-refractivity contribution in [3.8, 4) is 0 Å². The van der Waals surface area contributed by atoms with Crippen molar-refractivity contribution < 1.29 is 9.62 Å². The van der Waals surface area contributed by atoms with Gasteiger partial charge in [-0.25, -0.2) is 4.79 Å². The van der Waals surface area contributed by atoms with Crippen LogP contribution in [-0.4, -0.2) is 24.0 Å². The quantitative estimate of drug-likeness (QED) is 0.403. The van der Waals surface area contributed by atoms with Gasteiger partial charge in [0.2, 0.25) is 0 Å². The number of oxime groups is 1. The van der Waals surface area contributed by atoms with E-state index in [0.29, 0.717) is 5.58 Å². The Balaban J connectivity index is 2.58. The molecule has 0 unspecified atom stereocenters. The van der Waals surface area contributed by atoms with Crippen molar-refractivity contribution in [2.45, 2.75) is 20.8 Å². The van der Waals surface area contributed by atoms with E-state index in [1.165, 1.54) is 0 Å². The van der Waals surface area contributed by atoms with Crippen molar-refractivity contribution in [3.63, 3.8) is 0 Å². The first-order valence-corrected chi connectivity index (χ1v) is 6.62. The summed E-state index contributed by atoms with van der Waals surface area (Å²) in [6.45, 7) is 7.49. The fourth-order valence-corrected chi connectivity index (χ4v) is 2.19. The van der Waals surface area contributed by atoms with Gasteiger partial charge in [-0.15, -0.1) is 0 Å². The van der Waals surface area contributed by atoms with Gasteiger partial charge in [-0.1, -0.05) is 5.16 Å². The molecular formula is C15H18N2O3. The molecule has 0 bridgehead atoms. The topological polar surface area (TPSA) is 66.0 Å². The highest BCUT2D eigenvalue weighted by Gasteiger charge is 2.10. The van der Waals surface area contributed by atoms with E-state index in [9.17, 15) is 4.79 Å². The molecule has 5 nitrogen and oxygen atoms in total. The van der Waals surface area contributed by atoms with E-state index >= 15 is 0 Å². The van der Waals surface area contributed by atoms with Crippen LogP contribution in [0.5, 0.6) is 0 Å². The second-order valence-corrected chi connectivity index (χ2v) is 4.53. The summed E-state index contributed by atoms with van der Waals surface area (Å²) < 4.78 is 5.32. The fourth-order valence-electron chi connectivity index (χ4n) is 2.19. The molecule has 1 aromatic carbocycles. The largest absolute Gasteiger partial charge is 0.422 e. The molecule has 1 N–H and O–H groups in total. The zero-order valence-electron chi connectivity index (χ0n) is 11.9. The van der Waals surface area contributed by atoms with Crippen molar-refractivity contribution in [2.24, 2.45) is 5.16 Å². The van der Waals surface area contributed by atoms with Crippen LogP contribution >= 0.6 is 0 Å². The molecule has 1 heterocycles. The average Bonchev–Trinajstić information content (AvgIpc) is 2.47. The molecule has 0 amide bonds. The van der Waals surface area contributed by atoms with Crippen molar-refractivity contribution in [2.75, 3.05) is 18.0 Å². The lowest BCUT2D eigenvalue weighted by atomic mass is 10.1. The van der Waals surface area contributed by atoms with Crippen molar-refractivity contribution in [1.82, 2.24) is 0 Å². The summed E-state index contributed by atoms with van der Waals surface area (Å²) in [6.07, 6.45) is 0. The Morgan fingerprint density at radius 1 is 1.30 bits per heavy atom. The molecule has 0 radical (unpaired) electrons. The van der Waals surface area contributed by atoms with Gasteiger partial charge >= 0.3 is 5.63 Å². The second kappa shape index (κ2) is 5.77. The molecule has 1 aromatic heterocycles. The Labute approximate surface area is 117 Å². The molecule has 106 valence electrons. The first kappa shape index (κ1) is 14.1. The number of rotatable bonds is 4. The predicted molar refractivity (Wildman–Crippen MR) is 80.0 cm³/mol. The molecule has 0 saturated carbocycles. The summed E-state index contributed by atoms with van der Waals surface area (Å²) in [5.41, 5.74) is 1.58. The van der Waals surface area contributed by atoms with Gasteiger partial charge in [-0.3, -0.25) is 0 Å². The monoisotopic (exact) mass is 274 g/mol. The van der Waals surface area contributed by atoms with Crippen molar-refractivity contribution in [3.05, 3.63) is 40.2 Å². The standard InChI is InChI=1S/C15H18N2O3/c1-4-17(5-2)12-7-6-11-8-13(10(3)16-19)15(18)20-14(11)9-12/h6-9,19H,4-5H2,1-3H3/b16-10-. The van der Waals surface area contributed by atoms with Gasteiger partial charge in [0.25, 0.3) is 0 Å². The molecule has 2 rings (SSSR count). The molecule has 20 heavy (non-hydrogen) atoms. The number of fused-ring (bicyclic) bond motifs is 1. The predicted octanol–water partition coefficient (Wildman–Crippen LogP) is 2.84. The van der Waals surface area contributed by atoms with Crippen LogP contribution < -0.4 is 10.5 Å². The number of benzene rings is 1. The second-order valence-electron chi connectivity index (χ2n) is 4.53. The average molecular weight is 274 g/mol. The molecule has 0 aliphatic heterocycles. The molecular weight excluding hydrogens is 256 g/mol. The van der Waals surface area contributed by atoms with E-state index in [0.717, 1.165) is 24.2 Å². The summed E-state index contributed by atoms with van der Waals surface area (Å²) in [5.74, 6) is 0. The summed E-state index contributed by atoms with van der Waals surface area (Å²) in [5, 5.41) is 12.6. The Hall–Kier alpha value is -2.30. The molecule has 0 aliphatic carbocycles. The number of hydrogen-bond donors (Lipinski definition) is 1. The van der Waals surface area contributed by atoms with E-state index in [-0.39, 0.29) is 11.3 Å². The summed E-state index contributed by atoms with van der Waals surface area (Å²) in [4.78, 5) is 14.1. The van der Waals surface area contributed by atoms with Gasteiger partial charge in [0, 0.05) is 30.2 Å². The third-order valence-corrected chi connectivity index (χ3v) is 3.39. The van der Waals surface area contributed by atoms with Crippen molar-refractivity contribution >= 4 is 22.4 Å². The van der Waals surface area contributed by atoms with Crippen LogP contribution in [-0.2, 0) is 0 Å². The molecule has 2 aromatic rings. The maximum Gasteiger partial charge on any atom is 0.345 e. The molecule has 0 spiro atoms. The zero-order chi connectivity index (χ0) is 14.7. The van der Waals surface area contributed by atoms with Gasteiger partial charge in [-0.05, 0) is 39.0 Å². The summed E-state index contributed by atoms with van der Waals surface area (Å²) in [7, 11) is 0. The lowest BCUT2D eigenvalue weighted by molar-refractivity contribution is 0.319. The van der Waals surface area contributed by atoms with Gasteiger partial charge in [0.1, 0.15) is 5.58 Å². The van der Waals surface area contributed by atoms with E-state index in [2.05, 4.69) is 23.9 Å². The SMILES string of the molecule is CCN(CC)c1ccc2cc(/C(C)=N\O)c(=O)oc2c1.